The molecule has 0 bridgehead atoms. The normalized spacial score (nSPS) is 9.58. The highest BCUT2D eigenvalue weighted by Crippen LogP contribution is 2.21. The third-order valence-corrected chi connectivity index (χ3v) is 3.78. The van der Waals surface area contributed by atoms with Crippen molar-refractivity contribution in [2.75, 3.05) is 0 Å². The summed E-state index contributed by atoms with van der Waals surface area (Å²) in [6, 6.07) is 12.6. The smallest absolute Gasteiger partial charge is 0.258 e. The zero-order valence-electron chi connectivity index (χ0n) is 9.56. The van der Waals surface area contributed by atoms with Gasteiger partial charge in [-0.25, -0.2) is 0 Å². The molecule has 5 heteroatoms. The van der Waals surface area contributed by atoms with Crippen molar-refractivity contribution in [2.24, 2.45) is 0 Å². The van der Waals surface area contributed by atoms with Gasteiger partial charge in [0.2, 0.25) is 0 Å². The van der Waals surface area contributed by atoms with Gasteiger partial charge in [-0.1, -0.05) is 27.8 Å². The first-order chi connectivity index (χ1) is 9.06. The number of nitrogens with zero attached hydrogens (tertiary/aromatic N) is 1. The molecule has 94 valence electrons. The monoisotopic (exact) mass is 427 g/mol. The van der Waals surface area contributed by atoms with Gasteiger partial charge in [-0.3, -0.25) is 10.1 Å². The zero-order valence-corrected chi connectivity index (χ0v) is 13.3. The fourth-order valence-corrected chi connectivity index (χ4v) is 2.20. The quantitative estimate of drug-likeness (QED) is 0.293. The summed E-state index contributed by atoms with van der Waals surface area (Å²) >= 11 is 5.29. The first kappa shape index (κ1) is 14.0. The van der Waals surface area contributed by atoms with E-state index in [1.54, 1.807) is 12.1 Å². The summed E-state index contributed by atoms with van der Waals surface area (Å²) in [4.78, 5) is 10.4. The van der Waals surface area contributed by atoms with Gasteiger partial charge in [0.15, 0.2) is 0 Å². The molecule has 0 aliphatic carbocycles. The third-order valence-electron chi connectivity index (χ3n) is 2.34. The van der Waals surface area contributed by atoms with Crippen molar-refractivity contribution >= 4 is 44.2 Å². The maximum absolute atomic E-state index is 10.8. The van der Waals surface area contributed by atoms with Crippen molar-refractivity contribution < 1.29 is 4.92 Å². The van der Waals surface area contributed by atoms with E-state index in [-0.39, 0.29) is 5.69 Å². The average molecular weight is 428 g/mol. The molecule has 0 unspecified atom stereocenters. The molecule has 0 aliphatic heterocycles. The van der Waals surface area contributed by atoms with Crippen molar-refractivity contribution in [3.05, 3.63) is 71.7 Å². The predicted molar refractivity (Wildman–Crippen MR) is 85.9 cm³/mol. The van der Waals surface area contributed by atoms with Crippen molar-refractivity contribution in [1.82, 2.24) is 0 Å². The van der Waals surface area contributed by atoms with E-state index in [2.05, 4.69) is 27.8 Å². The topological polar surface area (TPSA) is 43.1 Å². The largest absolute Gasteiger partial charge is 0.283 e. The van der Waals surface area contributed by atoms with Crippen molar-refractivity contribution in [1.29, 1.82) is 0 Å². The standard InChI is InChI=1S/C14H7BrINO2/c15-12-6-3-10(4-7-12)1-2-11-5-8-13(16)14(9-11)17(18)19/h3-9H. The molecule has 0 heterocycles. The molecule has 2 rings (SSSR count). The molecule has 0 aromatic heterocycles. The zero-order chi connectivity index (χ0) is 13.8. The van der Waals surface area contributed by atoms with Crippen molar-refractivity contribution in [2.45, 2.75) is 0 Å². The molecule has 0 amide bonds. The second-order valence-electron chi connectivity index (χ2n) is 3.68. The molecule has 0 saturated heterocycles. The Hall–Kier alpha value is -1.39. The van der Waals surface area contributed by atoms with E-state index in [1.165, 1.54) is 6.07 Å². The Morgan fingerprint density at radius 1 is 1.05 bits per heavy atom. The number of nitro groups is 1. The lowest BCUT2D eigenvalue weighted by molar-refractivity contribution is -0.385. The van der Waals surface area contributed by atoms with Crippen LogP contribution in [-0.2, 0) is 0 Å². The second kappa shape index (κ2) is 6.17. The maximum atomic E-state index is 10.8. The van der Waals surface area contributed by atoms with E-state index in [9.17, 15) is 10.1 Å². The van der Waals surface area contributed by atoms with Crippen LogP contribution in [0.5, 0.6) is 0 Å². The minimum absolute atomic E-state index is 0.0863. The van der Waals surface area contributed by atoms with E-state index in [0.29, 0.717) is 9.13 Å². The summed E-state index contributed by atoms with van der Waals surface area (Å²) in [7, 11) is 0. The van der Waals surface area contributed by atoms with Crippen LogP contribution >= 0.6 is 38.5 Å². The predicted octanol–water partition coefficient (Wildman–Crippen LogP) is 4.36. The highest BCUT2D eigenvalue weighted by Gasteiger charge is 2.11. The lowest BCUT2D eigenvalue weighted by Gasteiger charge is -1.96. The van der Waals surface area contributed by atoms with E-state index < -0.39 is 4.92 Å². The maximum Gasteiger partial charge on any atom is 0.283 e. The highest BCUT2D eigenvalue weighted by atomic mass is 127. The lowest BCUT2D eigenvalue weighted by Crippen LogP contribution is -1.92. The molecule has 0 radical (unpaired) electrons. The van der Waals surface area contributed by atoms with Crippen LogP contribution in [0.3, 0.4) is 0 Å². The van der Waals surface area contributed by atoms with Gasteiger partial charge in [0.25, 0.3) is 5.69 Å². The Morgan fingerprint density at radius 2 is 1.63 bits per heavy atom. The molecule has 0 aliphatic rings. The number of halogens is 2. The van der Waals surface area contributed by atoms with Crippen LogP contribution < -0.4 is 0 Å². The molecule has 0 spiro atoms. The summed E-state index contributed by atoms with van der Waals surface area (Å²) in [5.41, 5.74) is 1.59. The highest BCUT2D eigenvalue weighted by molar-refractivity contribution is 14.1. The second-order valence-corrected chi connectivity index (χ2v) is 5.76. The Balaban J connectivity index is 2.32. The number of hydrogen-bond donors (Lipinski definition) is 0. The van der Waals surface area contributed by atoms with Crippen LogP contribution in [0.1, 0.15) is 11.1 Å². The molecule has 0 fully saturated rings. The van der Waals surface area contributed by atoms with Crippen LogP contribution in [0.4, 0.5) is 5.69 Å². The van der Waals surface area contributed by atoms with Gasteiger partial charge >= 0.3 is 0 Å². The summed E-state index contributed by atoms with van der Waals surface area (Å²) in [5, 5.41) is 10.8. The van der Waals surface area contributed by atoms with E-state index in [1.807, 2.05) is 46.9 Å². The number of hydrogen-bond acceptors (Lipinski definition) is 2. The van der Waals surface area contributed by atoms with Crippen molar-refractivity contribution in [3.8, 4) is 11.8 Å². The molecule has 0 atom stereocenters. The van der Waals surface area contributed by atoms with Gasteiger partial charge in [0, 0.05) is 21.7 Å². The van der Waals surface area contributed by atoms with E-state index in [0.717, 1.165) is 10.0 Å². The molecule has 3 nitrogen and oxygen atoms in total. The number of rotatable bonds is 1. The SMILES string of the molecule is O=[N+]([O-])c1cc(C#Cc2ccc(Br)cc2)ccc1I. The van der Waals surface area contributed by atoms with Gasteiger partial charge in [0.05, 0.1) is 8.49 Å². The molecule has 19 heavy (non-hydrogen) atoms. The summed E-state index contributed by atoms with van der Waals surface area (Å²) in [5.74, 6) is 5.91. The van der Waals surface area contributed by atoms with Crippen LogP contribution in [-0.4, -0.2) is 4.92 Å². The molecule has 0 N–H and O–H groups in total. The Bertz CT molecular complexity index is 687. The van der Waals surface area contributed by atoms with Gasteiger partial charge in [0.1, 0.15) is 0 Å². The van der Waals surface area contributed by atoms with E-state index in [4.69, 9.17) is 0 Å². The lowest BCUT2D eigenvalue weighted by atomic mass is 10.1. The Labute approximate surface area is 132 Å². The minimum atomic E-state index is -0.396. The molecular weight excluding hydrogens is 421 g/mol. The Morgan fingerprint density at radius 3 is 2.26 bits per heavy atom. The van der Waals surface area contributed by atoms with E-state index >= 15 is 0 Å². The molecule has 0 saturated carbocycles. The first-order valence-electron chi connectivity index (χ1n) is 5.28. The van der Waals surface area contributed by atoms with Crippen LogP contribution in [0.25, 0.3) is 0 Å². The average Bonchev–Trinajstić information content (AvgIpc) is 2.39. The van der Waals surface area contributed by atoms with Gasteiger partial charge in [-0.2, -0.15) is 0 Å². The number of benzene rings is 2. The molecule has 2 aromatic rings. The first-order valence-corrected chi connectivity index (χ1v) is 7.15. The summed E-state index contributed by atoms with van der Waals surface area (Å²) < 4.78 is 1.60. The van der Waals surface area contributed by atoms with Crippen LogP contribution in [0.2, 0.25) is 0 Å². The third kappa shape index (κ3) is 3.78. The number of nitro benzene ring substituents is 1. The summed E-state index contributed by atoms with van der Waals surface area (Å²) in [6.45, 7) is 0. The molecular formula is C14H7BrINO2. The summed E-state index contributed by atoms with van der Waals surface area (Å²) in [6.07, 6.45) is 0. The van der Waals surface area contributed by atoms with Crippen molar-refractivity contribution in [3.63, 3.8) is 0 Å². The van der Waals surface area contributed by atoms with Gasteiger partial charge in [-0.05, 0) is 59.0 Å². The van der Waals surface area contributed by atoms with Crippen LogP contribution in [0, 0.1) is 25.5 Å². The van der Waals surface area contributed by atoms with Gasteiger partial charge in [-0.15, -0.1) is 0 Å². The fourth-order valence-electron chi connectivity index (χ4n) is 1.41. The Kier molecular flexibility index (Phi) is 4.56. The minimum Gasteiger partial charge on any atom is -0.258 e. The fraction of sp³-hybridized carbons (Fsp3) is 0. The molecule has 2 aromatic carbocycles. The van der Waals surface area contributed by atoms with Crippen LogP contribution in [0.15, 0.2) is 46.9 Å². The van der Waals surface area contributed by atoms with Gasteiger partial charge < -0.3 is 0 Å².